The maximum Gasteiger partial charge on any atom is 0.351 e. The number of methoxy groups -OCH3 is 1. The summed E-state index contributed by atoms with van der Waals surface area (Å²) < 4.78 is 36.0. The zero-order valence-electron chi connectivity index (χ0n) is 30.2. The predicted octanol–water partition coefficient (Wildman–Crippen LogP) is 6.86. The summed E-state index contributed by atoms with van der Waals surface area (Å²) in [5.74, 6) is -0.427. The van der Waals surface area contributed by atoms with Crippen molar-refractivity contribution < 1.29 is 28.2 Å². The first kappa shape index (κ1) is 36.9. The minimum Gasteiger partial charge on any atom is -0.497 e. The van der Waals surface area contributed by atoms with Gasteiger partial charge >= 0.3 is 11.7 Å². The molecule has 1 fully saturated rings. The van der Waals surface area contributed by atoms with Crippen molar-refractivity contribution in [3.8, 4) is 5.75 Å². The molecule has 1 saturated heterocycles. The fourth-order valence-corrected chi connectivity index (χ4v) is 6.86. The maximum absolute atomic E-state index is 17.4. The SMILES string of the molecule is COc1ccc(C(N[C@H]2[C@H](F)[C@H](n3ccc(NC(=O)c4ccccc4)nc3=O)O[C@@H]2COC(=O)c2ccc(C)cc2)(c2ccccc2)c2ccccc2)cc1. The Bertz CT molecular complexity index is 2250. The number of nitrogens with zero attached hydrogens (tertiary/aromatic N) is 2. The van der Waals surface area contributed by atoms with E-state index in [2.05, 4.69) is 15.6 Å². The van der Waals surface area contributed by atoms with E-state index in [1.807, 2.05) is 91.9 Å². The third-order valence-electron chi connectivity index (χ3n) is 9.70. The van der Waals surface area contributed by atoms with Gasteiger partial charge in [0.2, 0.25) is 0 Å². The van der Waals surface area contributed by atoms with Crippen LogP contribution in [0.4, 0.5) is 10.2 Å². The Morgan fingerprint density at radius 1 is 0.782 bits per heavy atom. The van der Waals surface area contributed by atoms with Crippen molar-refractivity contribution in [2.24, 2.45) is 0 Å². The largest absolute Gasteiger partial charge is 0.497 e. The van der Waals surface area contributed by atoms with Crippen LogP contribution >= 0.6 is 0 Å². The molecule has 1 aliphatic rings. The molecule has 2 heterocycles. The number of aromatic nitrogens is 2. The van der Waals surface area contributed by atoms with E-state index in [1.54, 1.807) is 61.7 Å². The van der Waals surface area contributed by atoms with E-state index in [0.717, 1.165) is 26.8 Å². The molecule has 11 heteroatoms. The van der Waals surface area contributed by atoms with Crippen LogP contribution in [0.15, 0.2) is 157 Å². The molecule has 10 nitrogen and oxygen atoms in total. The highest BCUT2D eigenvalue weighted by Crippen LogP contribution is 2.41. The number of hydrogen-bond donors (Lipinski definition) is 2. The van der Waals surface area contributed by atoms with E-state index in [1.165, 1.54) is 12.3 Å². The molecular weight excluding hydrogens is 700 g/mol. The molecule has 0 aliphatic carbocycles. The molecule has 2 N–H and O–H groups in total. The summed E-state index contributed by atoms with van der Waals surface area (Å²) in [4.78, 5) is 43.6. The van der Waals surface area contributed by atoms with E-state index in [4.69, 9.17) is 14.2 Å². The minimum absolute atomic E-state index is 0.00608. The molecule has 0 bridgehead atoms. The second-order valence-electron chi connectivity index (χ2n) is 13.2. The van der Waals surface area contributed by atoms with Crippen LogP contribution in [-0.4, -0.2) is 53.5 Å². The number of esters is 1. The molecule has 7 rings (SSSR count). The molecule has 1 amide bonds. The first-order valence-electron chi connectivity index (χ1n) is 17.8. The summed E-state index contributed by atoms with van der Waals surface area (Å²) in [5.41, 5.74) is 2.04. The summed E-state index contributed by atoms with van der Waals surface area (Å²) >= 11 is 0. The number of rotatable bonds is 12. The van der Waals surface area contributed by atoms with Gasteiger partial charge in [0, 0.05) is 11.8 Å². The molecule has 0 unspecified atom stereocenters. The normalized spacial score (nSPS) is 18.0. The third-order valence-corrected chi connectivity index (χ3v) is 9.70. The standard InChI is InChI=1S/C44H39FN4O6/c1-29-18-20-31(21-19-29)42(51)54-28-36-39(38(45)41(55-36)49-27-26-37(47-43(49)52)46-40(50)30-12-6-3-7-13-30)48-44(32-14-8-4-9-15-32,33-16-10-5-11-17-33)34-22-24-35(53-2)25-23-34/h3-27,36,38-39,41,48H,28H2,1-2H3,(H,46,47,50,52)/t36-,38+,39-,41-/m1/s1. The Kier molecular flexibility index (Phi) is 10.9. The van der Waals surface area contributed by atoms with Gasteiger partial charge in [-0.05, 0) is 66.1 Å². The number of carbonyl (C=O) groups is 2. The Balaban J connectivity index is 1.28. The lowest BCUT2D eigenvalue weighted by atomic mass is 9.76. The molecule has 1 aliphatic heterocycles. The van der Waals surface area contributed by atoms with E-state index < -0.39 is 47.7 Å². The summed E-state index contributed by atoms with van der Waals surface area (Å²) in [6.07, 6.45) is -3.09. The van der Waals surface area contributed by atoms with Crippen molar-refractivity contribution in [2.45, 2.75) is 37.0 Å². The van der Waals surface area contributed by atoms with Gasteiger partial charge in [-0.15, -0.1) is 0 Å². The molecule has 0 saturated carbocycles. The summed E-state index contributed by atoms with van der Waals surface area (Å²) in [7, 11) is 1.58. The van der Waals surface area contributed by atoms with Crippen LogP contribution < -0.4 is 21.1 Å². The number of hydrogen-bond acceptors (Lipinski definition) is 8. The molecule has 0 spiro atoms. The van der Waals surface area contributed by atoms with Gasteiger partial charge in [-0.25, -0.2) is 14.0 Å². The number of aryl methyl sites for hydroxylation is 1. The number of carbonyl (C=O) groups excluding carboxylic acids is 2. The van der Waals surface area contributed by atoms with Gasteiger partial charge in [0.25, 0.3) is 5.91 Å². The van der Waals surface area contributed by atoms with Crippen molar-refractivity contribution in [1.82, 2.24) is 14.9 Å². The third kappa shape index (κ3) is 7.80. The molecule has 278 valence electrons. The molecule has 5 aromatic carbocycles. The van der Waals surface area contributed by atoms with Crippen molar-refractivity contribution in [2.75, 3.05) is 19.0 Å². The summed E-state index contributed by atoms with van der Waals surface area (Å²) in [6.45, 7) is 1.57. The fraction of sp³-hybridized carbons (Fsp3) is 0.182. The lowest BCUT2D eigenvalue weighted by Crippen LogP contribution is -2.56. The van der Waals surface area contributed by atoms with E-state index in [-0.39, 0.29) is 12.4 Å². The zero-order valence-corrected chi connectivity index (χ0v) is 30.2. The quantitative estimate of drug-likeness (QED) is 0.103. The molecular formula is C44H39FN4O6. The Labute approximate surface area is 317 Å². The van der Waals surface area contributed by atoms with Gasteiger partial charge < -0.3 is 19.5 Å². The highest BCUT2D eigenvalue weighted by molar-refractivity contribution is 6.03. The number of alkyl halides is 1. The first-order valence-corrected chi connectivity index (χ1v) is 17.8. The Morgan fingerprint density at radius 2 is 1.36 bits per heavy atom. The van der Waals surface area contributed by atoms with E-state index in [9.17, 15) is 14.4 Å². The maximum atomic E-state index is 17.4. The first-order chi connectivity index (χ1) is 26.8. The number of benzene rings is 5. The second kappa shape index (κ2) is 16.3. The second-order valence-corrected chi connectivity index (χ2v) is 13.2. The van der Waals surface area contributed by atoms with Crippen LogP contribution in [0.3, 0.4) is 0 Å². The Morgan fingerprint density at radius 3 is 1.95 bits per heavy atom. The number of anilines is 1. The topological polar surface area (TPSA) is 121 Å². The highest BCUT2D eigenvalue weighted by atomic mass is 19.1. The fourth-order valence-electron chi connectivity index (χ4n) is 6.86. The number of halogens is 1. The van der Waals surface area contributed by atoms with Crippen LogP contribution in [0, 0.1) is 6.92 Å². The summed E-state index contributed by atoms with van der Waals surface area (Å²) in [6, 6.07) is 42.4. The van der Waals surface area contributed by atoms with Crippen LogP contribution in [0.1, 0.15) is 49.2 Å². The van der Waals surface area contributed by atoms with Crippen LogP contribution in [0.25, 0.3) is 0 Å². The van der Waals surface area contributed by atoms with Crippen LogP contribution in [0.5, 0.6) is 5.75 Å². The number of nitrogens with one attached hydrogen (secondary N) is 2. The average Bonchev–Trinajstić information content (AvgIpc) is 3.53. The molecule has 6 aromatic rings. The van der Waals surface area contributed by atoms with E-state index in [0.29, 0.717) is 16.9 Å². The van der Waals surface area contributed by atoms with Crippen LogP contribution in [-0.2, 0) is 15.0 Å². The monoisotopic (exact) mass is 738 g/mol. The summed E-state index contributed by atoms with van der Waals surface area (Å²) in [5, 5.41) is 6.25. The predicted molar refractivity (Wildman–Crippen MR) is 206 cm³/mol. The van der Waals surface area contributed by atoms with Crippen molar-refractivity contribution in [3.63, 3.8) is 0 Å². The van der Waals surface area contributed by atoms with Gasteiger partial charge in [0.05, 0.1) is 24.3 Å². The molecule has 0 radical (unpaired) electrons. The van der Waals surface area contributed by atoms with Crippen LogP contribution in [0.2, 0.25) is 0 Å². The zero-order chi connectivity index (χ0) is 38.4. The van der Waals surface area contributed by atoms with Crippen molar-refractivity contribution in [3.05, 3.63) is 196 Å². The lowest BCUT2D eigenvalue weighted by Gasteiger charge is -2.40. The molecule has 4 atom stereocenters. The average molecular weight is 739 g/mol. The highest BCUT2D eigenvalue weighted by Gasteiger charge is 2.51. The number of amides is 1. The van der Waals surface area contributed by atoms with Gasteiger partial charge in [-0.2, -0.15) is 4.98 Å². The number of ether oxygens (including phenoxy) is 3. The lowest BCUT2D eigenvalue weighted by molar-refractivity contribution is -0.0476. The Hall–Kier alpha value is -6.43. The molecule has 55 heavy (non-hydrogen) atoms. The van der Waals surface area contributed by atoms with Gasteiger partial charge in [-0.1, -0.05) is 109 Å². The van der Waals surface area contributed by atoms with Gasteiger partial charge in [0.1, 0.15) is 24.3 Å². The smallest absolute Gasteiger partial charge is 0.351 e. The van der Waals surface area contributed by atoms with Gasteiger partial charge in [0.15, 0.2) is 12.4 Å². The minimum atomic E-state index is -1.86. The van der Waals surface area contributed by atoms with Gasteiger partial charge in [-0.3, -0.25) is 14.7 Å². The van der Waals surface area contributed by atoms with Crippen molar-refractivity contribution >= 4 is 17.7 Å². The van der Waals surface area contributed by atoms with E-state index >= 15 is 4.39 Å². The molecule has 1 aromatic heterocycles. The van der Waals surface area contributed by atoms with Crippen molar-refractivity contribution in [1.29, 1.82) is 0 Å².